The Morgan fingerprint density at radius 2 is 1.17 bits per heavy atom. The summed E-state index contributed by atoms with van der Waals surface area (Å²) in [5.41, 5.74) is 5.32. The van der Waals surface area contributed by atoms with Gasteiger partial charge in [0.05, 0.1) is 12.3 Å². The summed E-state index contributed by atoms with van der Waals surface area (Å²) in [6.07, 6.45) is 0. The predicted molar refractivity (Wildman–Crippen MR) is 162 cm³/mol. The van der Waals surface area contributed by atoms with E-state index in [1.807, 2.05) is 19.1 Å². The molecular weight excluding hydrogens is 566 g/mol. The van der Waals surface area contributed by atoms with E-state index in [0.717, 1.165) is 27.8 Å². The van der Waals surface area contributed by atoms with E-state index >= 15 is 0 Å². The number of carbonyl (C=O) groups excluding carboxylic acids is 1. The second-order valence-electron chi connectivity index (χ2n) is 9.07. The quantitative estimate of drug-likeness (QED) is 0.116. The molecule has 10 heteroatoms. The molecular formula is C32H35ClF2N2O5. The fourth-order valence-electron chi connectivity index (χ4n) is 3.18. The van der Waals surface area contributed by atoms with Crippen LogP contribution in [0.3, 0.4) is 0 Å². The fourth-order valence-corrected chi connectivity index (χ4v) is 3.18. The van der Waals surface area contributed by atoms with Crippen LogP contribution >= 0.6 is 12.4 Å². The zero-order chi connectivity index (χ0) is 30.4. The third kappa shape index (κ3) is 12.5. The van der Waals surface area contributed by atoms with E-state index in [1.165, 1.54) is 37.3 Å². The Bertz CT molecular complexity index is 1450. The van der Waals surface area contributed by atoms with E-state index < -0.39 is 0 Å². The first-order valence-electron chi connectivity index (χ1n) is 12.6. The van der Waals surface area contributed by atoms with Crippen molar-refractivity contribution in [1.82, 2.24) is 0 Å². The Morgan fingerprint density at radius 3 is 1.60 bits per heavy atom. The molecule has 0 radical (unpaired) electrons. The van der Waals surface area contributed by atoms with Crippen molar-refractivity contribution in [2.75, 3.05) is 0 Å². The van der Waals surface area contributed by atoms with E-state index in [2.05, 4.69) is 9.99 Å². The maximum absolute atomic E-state index is 12.7. The molecule has 0 fully saturated rings. The maximum Gasteiger partial charge on any atom is 0.159 e. The first-order valence-corrected chi connectivity index (χ1v) is 12.6. The van der Waals surface area contributed by atoms with Crippen LogP contribution in [-0.2, 0) is 22.9 Å². The van der Waals surface area contributed by atoms with Crippen molar-refractivity contribution in [2.24, 2.45) is 11.1 Å². The largest absolute Gasteiger partial charge is 0.508 e. The van der Waals surface area contributed by atoms with Gasteiger partial charge in [0, 0.05) is 11.1 Å². The summed E-state index contributed by atoms with van der Waals surface area (Å²) in [6.45, 7) is 7.49. The molecule has 0 aromatic heterocycles. The second kappa shape index (κ2) is 18.2. The van der Waals surface area contributed by atoms with Gasteiger partial charge >= 0.3 is 0 Å². The number of nitrogens with two attached hydrogens (primary N) is 1. The van der Waals surface area contributed by atoms with Crippen LogP contribution in [-0.4, -0.2) is 21.7 Å². The van der Waals surface area contributed by atoms with Crippen LogP contribution in [0.1, 0.15) is 52.0 Å². The Labute approximate surface area is 250 Å². The molecule has 4 rings (SSSR count). The predicted octanol–water partition coefficient (Wildman–Crippen LogP) is 7.32. The highest BCUT2D eigenvalue weighted by atomic mass is 35.5. The topological polar surface area (TPSA) is 114 Å². The van der Waals surface area contributed by atoms with Gasteiger partial charge in [0.25, 0.3) is 0 Å². The van der Waals surface area contributed by atoms with E-state index in [4.69, 9.17) is 10.7 Å². The number of carbonyl (C=O) groups is 1. The van der Waals surface area contributed by atoms with Crippen LogP contribution in [0.4, 0.5) is 8.78 Å². The standard InChI is InChI=1S/C16H16FNO2.C9H10O2.C7H8FNO.ClH/c1-11-3-6-14(9-16(11)19)12(2)18-20-10-13-4-7-15(17)8-5-13;1-6-3-4-8(7(2)10)5-9(6)11;8-7-3-1-6(2-4-7)5-10-9;/h3-9,19H,10H2,1-2H3;3-5,11H,1-2H3;1-4H,5,9H2;1H/b18-12+;;;. The number of phenols is 2. The molecule has 0 aliphatic carbocycles. The van der Waals surface area contributed by atoms with Gasteiger partial charge in [0.2, 0.25) is 0 Å². The minimum atomic E-state index is -0.274. The molecule has 0 saturated heterocycles. The Morgan fingerprint density at radius 1 is 0.738 bits per heavy atom. The fraction of sp³-hybridized carbons (Fsp3) is 0.188. The molecule has 4 N–H and O–H groups in total. The van der Waals surface area contributed by atoms with Crippen molar-refractivity contribution in [1.29, 1.82) is 0 Å². The van der Waals surface area contributed by atoms with Crippen molar-refractivity contribution in [3.05, 3.63) is 130 Å². The van der Waals surface area contributed by atoms with Gasteiger partial charge in [-0.05, 0) is 86.3 Å². The zero-order valence-corrected chi connectivity index (χ0v) is 24.6. The number of Topliss-reactive ketones (excluding diaryl/α,β-unsaturated/α-hetero) is 1. The third-order valence-electron chi connectivity index (χ3n) is 5.75. The van der Waals surface area contributed by atoms with E-state index in [0.29, 0.717) is 17.9 Å². The normalized spacial score (nSPS) is 10.3. The lowest BCUT2D eigenvalue weighted by molar-refractivity contribution is 0.101. The number of ketones is 1. The van der Waals surface area contributed by atoms with Gasteiger partial charge in [-0.15, -0.1) is 12.4 Å². The number of aryl methyl sites for hydroxylation is 2. The number of aromatic hydroxyl groups is 2. The van der Waals surface area contributed by atoms with Gasteiger partial charge in [-0.2, -0.15) is 0 Å². The molecule has 0 bridgehead atoms. The second-order valence-corrected chi connectivity index (χ2v) is 9.07. The van der Waals surface area contributed by atoms with Crippen LogP contribution in [0.15, 0.2) is 90.1 Å². The summed E-state index contributed by atoms with van der Waals surface area (Å²) < 4.78 is 25.0. The van der Waals surface area contributed by atoms with Crippen molar-refractivity contribution in [2.45, 2.75) is 40.9 Å². The van der Waals surface area contributed by atoms with Gasteiger partial charge in [-0.3, -0.25) is 9.63 Å². The summed E-state index contributed by atoms with van der Waals surface area (Å²) >= 11 is 0. The number of halogens is 3. The molecule has 0 spiro atoms. The maximum atomic E-state index is 12.7. The number of rotatable bonds is 7. The highest BCUT2D eigenvalue weighted by Crippen LogP contribution is 2.18. The molecule has 0 saturated carbocycles. The summed E-state index contributed by atoms with van der Waals surface area (Å²) in [5.74, 6) is 4.66. The molecule has 0 atom stereocenters. The van der Waals surface area contributed by atoms with Crippen LogP contribution < -0.4 is 5.90 Å². The molecule has 4 aromatic rings. The van der Waals surface area contributed by atoms with Crippen molar-refractivity contribution in [3.8, 4) is 11.5 Å². The molecule has 0 amide bonds. The number of phenolic OH excluding ortho intramolecular Hbond substituents is 2. The van der Waals surface area contributed by atoms with Crippen molar-refractivity contribution in [3.63, 3.8) is 0 Å². The molecule has 0 heterocycles. The first-order chi connectivity index (χ1) is 19.5. The Hall–Kier alpha value is -4.31. The average molecular weight is 601 g/mol. The third-order valence-corrected chi connectivity index (χ3v) is 5.75. The summed E-state index contributed by atoms with van der Waals surface area (Å²) in [6, 6.07) is 22.3. The minimum absolute atomic E-state index is 0. The van der Waals surface area contributed by atoms with E-state index in [1.54, 1.807) is 56.3 Å². The Kier molecular flexibility index (Phi) is 15.5. The summed E-state index contributed by atoms with van der Waals surface area (Å²) in [4.78, 5) is 20.4. The lowest BCUT2D eigenvalue weighted by Gasteiger charge is -2.05. The molecule has 0 aliphatic rings. The summed E-state index contributed by atoms with van der Waals surface area (Å²) in [5, 5.41) is 22.8. The zero-order valence-electron chi connectivity index (χ0n) is 23.8. The van der Waals surface area contributed by atoms with E-state index in [9.17, 15) is 23.8 Å². The van der Waals surface area contributed by atoms with Crippen molar-refractivity contribution < 1.29 is 33.5 Å². The van der Waals surface area contributed by atoms with Crippen LogP contribution in [0.2, 0.25) is 0 Å². The molecule has 7 nitrogen and oxygen atoms in total. The monoisotopic (exact) mass is 600 g/mol. The van der Waals surface area contributed by atoms with Crippen molar-refractivity contribution >= 4 is 23.9 Å². The minimum Gasteiger partial charge on any atom is -0.508 e. The van der Waals surface area contributed by atoms with Gasteiger partial charge in [-0.25, -0.2) is 14.7 Å². The lowest BCUT2D eigenvalue weighted by atomic mass is 10.1. The smallest absolute Gasteiger partial charge is 0.159 e. The van der Waals surface area contributed by atoms with Crippen LogP contribution in [0.25, 0.3) is 0 Å². The molecule has 42 heavy (non-hydrogen) atoms. The Balaban J connectivity index is 0.000000341. The molecule has 0 unspecified atom stereocenters. The van der Waals surface area contributed by atoms with Gasteiger partial charge in [0.15, 0.2) is 5.78 Å². The van der Waals surface area contributed by atoms with E-state index in [-0.39, 0.29) is 47.9 Å². The van der Waals surface area contributed by atoms with Crippen LogP contribution in [0.5, 0.6) is 11.5 Å². The highest BCUT2D eigenvalue weighted by Gasteiger charge is 2.03. The van der Waals surface area contributed by atoms with Gasteiger partial charge < -0.3 is 15.1 Å². The summed E-state index contributed by atoms with van der Waals surface area (Å²) in [7, 11) is 0. The van der Waals surface area contributed by atoms with Gasteiger partial charge in [-0.1, -0.05) is 53.7 Å². The molecule has 224 valence electrons. The SMILES string of the molecule is C/C(=N\OCc1ccc(F)cc1)c1ccc(C)c(O)c1.CC(=O)c1ccc(C)c(O)c1.Cl.NOCc1ccc(F)cc1. The van der Waals surface area contributed by atoms with Crippen LogP contribution in [0, 0.1) is 25.5 Å². The number of oxime groups is 1. The first kappa shape index (κ1) is 35.7. The molecule has 4 aromatic carbocycles. The average Bonchev–Trinajstić information content (AvgIpc) is 2.95. The number of hydrogen-bond donors (Lipinski definition) is 3. The lowest BCUT2D eigenvalue weighted by Crippen LogP contribution is -1.98. The van der Waals surface area contributed by atoms with Gasteiger partial charge in [0.1, 0.15) is 29.7 Å². The number of hydrogen-bond acceptors (Lipinski definition) is 7. The number of benzene rings is 4. The highest BCUT2D eigenvalue weighted by molar-refractivity contribution is 5.98. The number of nitrogens with zero attached hydrogens (tertiary/aromatic N) is 1. The molecule has 0 aliphatic heterocycles.